The summed E-state index contributed by atoms with van der Waals surface area (Å²) in [6.07, 6.45) is 1.12. The summed E-state index contributed by atoms with van der Waals surface area (Å²) in [6.45, 7) is 6.69. The molecular weight excluding hydrogens is 215 g/mol. The first-order chi connectivity index (χ1) is 8.17. The van der Waals surface area contributed by atoms with Gasteiger partial charge in [-0.15, -0.1) is 0 Å². The van der Waals surface area contributed by atoms with Crippen LogP contribution >= 0.6 is 0 Å². The van der Waals surface area contributed by atoms with Crippen LogP contribution in [0.25, 0.3) is 0 Å². The number of hydrogen-bond acceptors (Lipinski definition) is 2. The summed E-state index contributed by atoms with van der Waals surface area (Å²) in [6, 6.07) is 5.88. The maximum absolute atomic E-state index is 13.6. The second-order valence-corrected chi connectivity index (χ2v) is 4.87. The average molecular weight is 236 g/mol. The Bertz CT molecular complexity index is 380. The van der Waals surface area contributed by atoms with Crippen molar-refractivity contribution in [3.05, 3.63) is 35.1 Å². The monoisotopic (exact) mass is 236 g/mol. The molecule has 2 nitrogen and oxygen atoms in total. The van der Waals surface area contributed by atoms with Crippen molar-refractivity contribution in [1.29, 1.82) is 0 Å². The fourth-order valence-electron chi connectivity index (χ4n) is 2.80. The second-order valence-electron chi connectivity index (χ2n) is 4.87. The number of likely N-dealkylation sites (tertiary alicyclic amines) is 1. The highest BCUT2D eigenvalue weighted by Gasteiger charge is 2.33. The van der Waals surface area contributed by atoms with Crippen molar-refractivity contribution in [3.8, 4) is 0 Å². The molecule has 1 heterocycles. The first-order valence-corrected chi connectivity index (χ1v) is 6.37. The Balaban J connectivity index is 2.31. The number of rotatable bonds is 3. The van der Waals surface area contributed by atoms with Gasteiger partial charge in [-0.2, -0.15) is 0 Å². The van der Waals surface area contributed by atoms with Gasteiger partial charge in [0.2, 0.25) is 0 Å². The maximum atomic E-state index is 13.6. The quantitative estimate of drug-likeness (QED) is 0.873. The second kappa shape index (κ2) is 5.15. The molecule has 17 heavy (non-hydrogen) atoms. The van der Waals surface area contributed by atoms with Gasteiger partial charge in [0.25, 0.3) is 0 Å². The molecule has 1 fully saturated rings. The molecule has 3 heteroatoms. The Morgan fingerprint density at radius 1 is 1.47 bits per heavy atom. The molecule has 1 aromatic carbocycles. The van der Waals surface area contributed by atoms with Crippen molar-refractivity contribution < 1.29 is 4.39 Å². The van der Waals surface area contributed by atoms with Crippen molar-refractivity contribution in [2.75, 3.05) is 19.6 Å². The van der Waals surface area contributed by atoms with Crippen LogP contribution in [0.15, 0.2) is 18.2 Å². The predicted molar refractivity (Wildman–Crippen MR) is 68.3 cm³/mol. The minimum Gasteiger partial charge on any atom is -0.330 e. The van der Waals surface area contributed by atoms with E-state index >= 15 is 0 Å². The van der Waals surface area contributed by atoms with Gasteiger partial charge in [0.05, 0.1) is 0 Å². The molecule has 94 valence electrons. The lowest BCUT2D eigenvalue weighted by Crippen LogP contribution is -2.28. The van der Waals surface area contributed by atoms with E-state index in [-0.39, 0.29) is 5.82 Å². The Hall–Kier alpha value is -0.930. The Kier molecular flexibility index (Phi) is 3.79. The Labute approximate surface area is 103 Å². The number of nitrogens with two attached hydrogens (primary N) is 1. The molecule has 0 aromatic heterocycles. The maximum Gasteiger partial charge on any atom is 0.126 e. The molecule has 1 saturated heterocycles. The molecule has 2 rings (SSSR count). The lowest BCUT2D eigenvalue weighted by Gasteiger charge is -2.27. The van der Waals surface area contributed by atoms with E-state index in [1.54, 1.807) is 13.0 Å². The highest BCUT2D eigenvalue weighted by Crippen LogP contribution is 2.36. The fraction of sp³-hybridized carbons (Fsp3) is 0.571. The van der Waals surface area contributed by atoms with E-state index in [9.17, 15) is 4.39 Å². The smallest absolute Gasteiger partial charge is 0.126 e. The van der Waals surface area contributed by atoms with Gasteiger partial charge in [-0.05, 0) is 56.1 Å². The van der Waals surface area contributed by atoms with E-state index in [1.807, 2.05) is 12.1 Å². The van der Waals surface area contributed by atoms with Gasteiger partial charge in [-0.3, -0.25) is 4.90 Å². The molecule has 2 unspecified atom stereocenters. The number of benzene rings is 1. The number of halogens is 1. The minimum atomic E-state index is -0.110. The molecule has 1 aliphatic rings. The summed E-state index contributed by atoms with van der Waals surface area (Å²) in [4.78, 5) is 2.39. The molecule has 2 atom stereocenters. The first-order valence-electron chi connectivity index (χ1n) is 6.37. The highest BCUT2D eigenvalue weighted by molar-refractivity contribution is 5.27. The van der Waals surface area contributed by atoms with Crippen LogP contribution in [-0.2, 0) is 0 Å². The SMILES string of the molecule is CCN1CCC(CN)C1c1ccc(C)c(F)c1. The van der Waals surface area contributed by atoms with Crippen molar-refractivity contribution in [1.82, 2.24) is 4.90 Å². The third-order valence-corrected chi connectivity index (χ3v) is 3.87. The van der Waals surface area contributed by atoms with Crippen LogP contribution in [0.5, 0.6) is 0 Å². The van der Waals surface area contributed by atoms with Crippen LogP contribution in [0.2, 0.25) is 0 Å². The van der Waals surface area contributed by atoms with Crippen LogP contribution in [0.1, 0.15) is 30.5 Å². The zero-order valence-corrected chi connectivity index (χ0v) is 10.6. The normalized spacial score (nSPS) is 25.4. The third kappa shape index (κ3) is 2.35. The molecule has 0 bridgehead atoms. The Morgan fingerprint density at radius 2 is 2.24 bits per heavy atom. The van der Waals surface area contributed by atoms with Gasteiger partial charge in [-0.1, -0.05) is 19.1 Å². The summed E-state index contributed by atoms with van der Waals surface area (Å²) in [5.74, 6) is 0.346. The van der Waals surface area contributed by atoms with Crippen molar-refractivity contribution in [3.63, 3.8) is 0 Å². The largest absolute Gasteiger partial charge is 0.330 e. The molecular formula is C14H21FN2. The molecule has 0 amide bonds. The molecule has 0 aliphatic carbocycles. The number of nitrogens with zero attached hydrogens (tertiary/aromatic N) is 1. The number of aryl methyl sites for hydroxylation is 1. The summed E-state index contributed by atoms with van der Waals surface area (Å²) >= 11 is 0. The van der Waals surface area contributed by atoms with E-state index in [1.165, 1.54) is 0 Å². The van der Waals surface area contributed by atoms with Gasteiger partial charge in [-0.25, -0.2) is 4.39 Å². The lowest BCUT2D eigenvalue weighted by atomic mass is 9.93. The Morgan fingerprint density at radius 3 is 2.82 bits per heavy atom. The van der Waals surface area contributed by atoms with E-state index in [0.717, 1.165) is 25.1 Å². The van der Waals surface area contributed by atoms with Crippen molar-refractivity contribution in [2.24, 2.45) is 11.7 Å². The first kappa shape index (κ1) is 12.5. The molecule has 1 aliphatic heterocycles. The summed E-state index contributed by atoms with van der Waals surface area (Å²) in [5, 5.41) is 0. The minimum absolute atomic E-state index is 0.110. The van der Waals surface area contributed by atoms with Gasteiger partial charge >= 0.3 is 0 Å². The number of hydrogen-bond donors (Lipinski definition) is 1. The van der Waals surface area contributed by atoms with Crippen LogP contribution in [0.3, 0.4) is 0 Å². The van der Waals surface area contributed by atoms with E-state index in [2.05, 4.69) is 11.8 Å². The molecule has 1 aromatic rings. The van der Waals surface area contributed by atoms with Crippen LogP contribution in [0.4, 0.5) is 4.39 Å². The van der Waals surface area contributed by atoms with Crippen LogP contribution in [0, 0.1) is 18.7 Å². The van der Waals surface area contributed by atoms with E-state index in [4.69, 9.17) is 5.73 Å². The molecule has 0 spiro atoms. The van der Waals surface area contributed by atoms with E-state index < -0.39 is 0 Å². The third-order valence-electron chi connectivity index (χ3n) is 3.87. The predicted octanol–water partition coefficient (Wildman–Crippen LogP) is 2.48. The van der Waals surface area contributed by atoms with E-state index in [0.29, 0.717) is 24.1 Å². The van der Waals surface area contributed by atoms with Gasteiger partial charge in [0, 0.05) is 6.04 Å². The van der Waals surface area contributed by atoms with Crippen molar-refractivity contribution in [2.45, 2.75) is 26.3 Å². The zero-order valence-electron chi connectivity index (χ0n) is 10.6. The summed E-state index contributed by atoms with van der Waals surface area (Å²) in [5.41, 5.74) is 7.61. The average Bonchev–Trinajstić information content (AvgIpc) is 2.75. The molecule has 0 saturated carbocycles. The summed E-state index contributed by atoms with van der Waals surface area (Å²) < 4.78 is 13.6. The lowest BCUT2D eigenvalue weighted by molar-refractivity contribution is 0.241. The highest BCUT2D eigenvalue weighted by atomic mass is 19.1. The van der Waals surface area contributed by atoms with Crippen LogP contribution in [-0.4, -0.2) is 24.5 Å². The summed E-state index contributed by atoms with van der Waals surface area (Å²) in [7, 11) is 0. The molecule has 2 N–H and O–H groups in total. The topological polar surface area (TPSA) is 29.3 Å². The molecule has 0 radical (unpaired) electrons. The zero-order chi connectivity index (χ0) is 12.4. The van der Waals surface area contributed by atoms with Gasteiger partial charge in [0.15, 0.2) is 0 Å². The fourth-order valence-corrected chi connectivity index (χ4v) is 2.80. The van der Waals surface area contributed by atoms with Gasteiger partial charge < -0.3 is 5.73 Å². The van der Waals surface area contributed by atoms with Crippen molar-refractivity contribution >= 4 is 0 Å². The van der Waals surface area contributed by atoms with Crippen LogP contribution < -0.4 is 5.73 Å². The standard InChI is InChI=1S/C14H21FN2/c1-3-17-7-6-12(9-16)14(17)11-5-4-10(2)13(15)8-11/h4-5,8,12,14H,3,6-7,9,16H2,1-2H3. The van der Waals surface area contributed by atoms with Gasteiger partial charge in [0.1, 0.15) is 5.82 Å².